The molecule has 3 rings (SSSR count). The van der Waals surface area contributed by atoms with Crippen molar-refractivity contribution in [3.63, 3.8) is 0 Å². The molecule has 132 valence electrons. The molecule has 0 fully saturated rings. The topological polar surface area (TPSA) is 50.4 Å². The highest BCUT2D eigenvalue weighted by Crippen LogP contribution is 2.32. The zero-order chi connectivity index (χ0) is 18.5. The van der Waals surface area contributed by atoms with E-state index in [2.05, 4.69) is 10.6 Å². The van der Waals surface area contributed by atoms with E-state index in [1.807, 2.05) is 18.2 Å². The third-order valence-corrected chi connectivity index (χ3v) is 4.31. The lowest BCUT2D eigenvalue weighted by atomic mass is 10.3. The average Bonchev–Trinajstić information content (AvgIpc) is 2.61. The minimum Gasteiger partial charge on any atom is -0.455 e. The second kappa shape index (κ2) is 8.32. The Labute approximate surface area is 165 Å². The Kier molecular flexibility index (Phi) is 5.89. The quantitative estimate of drug-likeness (QED) is 0.485. The molecule has 0 heterocycles. The monoisotopic (exact) mass is 406 g/mol. The van der Waals surface area contributed by atoms with Gasteiger partial charge >= 0.3 is 6.03 Å². The van der Waals surface area contributed by atoms with Gasteiger partial charge in [-0.2, -0.15) is 0 Å². The van der Waals surface area contributed by atoms with E-state index < -0.39 is 6.03 Å². The van der Waals surface area contributed by atoms with Crippen LogP contribution in [0.3, 0.4) is 0 Å². The van der Waals surface area contributed by atoms with Crippen LogP contribution in [-0.2, 0) is 0 Å². The summed E-state index contributed by atoms with van der Waals surface area (Å²) in [7, 11) is 0. The molecule has 7 heteroatoms. The number of benzene rings is 3. The highest BCUT2D eigenvalue weighted by Gasteiger charge is 2.11. The van der Waals surface area contributed by atoms with Gasteiger partial charge in [-0.3, -0.25) is 0 Å². The number of carbonyl (C=O) groups excluding carboxylic acids is 1. The van der Waals surface area contributed by atoms with Gasteiger partial charge in [-0.25, -0.2) is 4.79 Å². The summed E-state index contributed by atoms with van der Waals surface area (Å²) in [6.45, 7) is 0. The summed E-state index contributed by atoms with van der Waals surface area (Å²) in [6, 6.07) is 18.5. The lowest BCUT2D eigenvalue weighted by Crippen LogP contribution is -2.19. The Morgan fingerprint density at radius 2 is 1.58 bits per heavy atom. The van der Waals surface area contributed by atoms with Crippen molar-refractivity contribution in [1.29, 1.82) is 0 Å². The van der Waals surface area contributed by atoms with Gasteiger partial charge in [0.1, 0.15) is 5.75 Å². The summed E-state index contributed by atoms with van der Waals surface area (Å²) in [5.74, 6) is 1.05. The summed E-state index contributed by atoms with van der Waals surface area (Å²) in [5.41, 5.74) is 0.979. The van der Waals surface area contributed by atoms with Crippen LogP contribution in [0.25, 0.3) is 0 Å². The summed E-state index contributed by atoms with van der Waals surface area (Å²) < 4.78 is 5.81. The van der Waals surface area contributed by atoms with Crippen molar-refractivity contribution >= 4 is 52.2 Å². The molecule has 0 aromatic heterocycles. The molecule has 0 unspecified atom stereocenters. The summed E-state index contributed by atoms with van der Waals surface area (Å²) in [6.07, 6.45) is 0. The maximum absolute atomic E-state index is 12.3. The average molecular weight is 408 g/mol. The minimum atomic E-state index is -0.455. The molecule has 0 saturated carbocycles. The Morgan fingerprint density at radius 1 is 0.808 bits per heavy atom. The van der Waals surface area contributed by atoms with E-state index in [0.717, 1.165) is 0 Å². The lowest BCUT2D eigenvalue weighted by Gasteiger charge is -2.13. The number of urea groups is 1. The number of ether oxygens (including phenoxy) is 1. The van der Waals surface area contributed by atoms with Gasteiger partial charge in [0.2, 0.25) is 0 Å². The standard InChI is InChI=1S/C19H13Cl3N2O2/c20-12-6-9-17(18(10-12)26-14-4-2-1-3-5-14)24-19(25)23-13-7-8-15(21)16(22)11-13/h1-11H,(H2,23,24,25). The van der Waals surface area contributed by atoms with E-state index in [-0.39, 0.29) is 0 Å². The molecule has 0 atom stereocenters. The van der Waals surface area contributed by atoms with E-state index in [1.54, 1.807) is 48.5 Å². The Hall–Kier alpha value is -2.40. The van der Waals surface area contributed by atoms with Crippen molar-refractivity contribution in [2.45, 2.75) is 0 Å². The van der Waals surface area contributed by atoms with E-state index >= 15 is 0 Å². The highest BCUT2D eigenvalue weighted by molar-refractivity contribution is 6.42. The van der Waals surface area contributed by atoms with Crippen molar-refractivity contribution in [1.82, 2.24) is 0 Å². The molecule has 2 amide bonds. The number of carbonyl (C=O) groups is 1. The van der Waals surface area contributed by atoms with Crippen molar-refractivity contribution in [3.05, 3.63) is 81.8 Å². The predicted molar refractivity (Wildman–Crippen MR) is 107 cm³/mol. The molecule has 0 bridgehead atoms. The summed E-state index contributed by atoms with van der Waals surface area (Å²) >= 11 is 17.9. The smallest absolute Gasteiger partial charge is 0.323 e. The lowest BCUT2D eigenvalue weighted by molar-refractivity contribution is 0.262. The van der Waals surface area contributed by atoms with E-state index in [1.165, 1.54) is 0 Å². The van der Waals surface area contributed by atoms with Crippen LogP contribution < -0.4 is 15.4 Å². The van der Waals surface area contributed by atoms with Crippen LogP contribution in [0.1, 0.15) is 0 Å². The Balaban J connectivity index is 1.76. The highest BCUT2D eigenvalue weighted by atomic mass is 35.5. The maximum atomic E-state index is 12.3. The van der Waals surface area contributed by atoms with E-state index in [9.17, 15) is 4.79 Å². The number of nitrogens with one attached hydrogen (secondary N) is 2. The van der Waals surface area contributed by atoms with Crippen LogP contribution in [0.4, 0.5) is 16.2 Å². The predicted octanol–water partition coefficient (Wildman–Crippen LogP) is 7.08. The van der Waals surface area contributed by atoms with Gasteiger partial charge in [-0.15, -0.1) is 0 Å². The molecule has 0 aliphatic carbocycles. The summed E-state index contributed by atoms with van der Waals surface area (Å²) in [4.78, 5) is 12.3. The molecule has 0 aliphatic rings. The molecule has 0 saturated heterocycles. The van der Waals surface area contributed by atoms with E-state index in [0.29, 0.717) is 37.9 Å². The van der Waals surface area contributed by atoms with Crippen LogP contribution in [0.2, 0.25) is 15.1 Å². The second-order valence-electron chi connectivity index (χ2n) is 5.26. The summed E-state index contributed by atoms with van der Waals surface area (Å²) in [5, 5.41) is 6.67. The first-order valence-corrected chi connectivity index (χ1v) is 8.70. The first-order valence-electron chi connectivity index (χ1n) is 7.57. The number of anilines is 2. The number of hydrogen-bond donors (Lipinski definition) is 2. The fourth-order valence-electron chi connectivity index (χ4n) is 2.16. The molecule has 4 nitrogen and oxygen atoms in total. The molecule has 0 spiro atoms. The van der Waals surface area contributed by atoms with Gasteiger partial charge in [-0.05, 0) is 42.5 Å². The molecular weight excluding hydrogens is 395 g/mol. The normalized spacial score (nSPS) is 10.3. The Bertz CT molecular complexity index is 933. The van der Waals surface area contributed by atoms with E-state index in [4.69, 9.17) is 39.5 Å². The van der Waals surface area contributed by atoms with Crippen LogP contribution >= 0.6 is 34.8 Å². The molecule has 2 N–H and O–H groups in total. The number of halogens is 3. The zero-order valence-electron chi connectivity index (χ0n) is 13.3. The number of para-hydroxylation sites is 1. The van der Waals surface area contributed by atoms with Crippen molar-refractivity contribution < 1.29 is 9.53 Å². The fraction of sp³-hybridized carbons (Fsp3) is 0. The van der Waals surface area contributed by atoms with Crippen molar-refractivity contribution in [2.75, 3.05) is 10.6 Å². The minimum absolute atomic E-state index is 0.351. The van der Waals surface area contributed by atoms with Gasteiger partial charge in [0.15, 0.2) is 5.75 Å². The third-order valence-electron chi connectivity index (χ3n) is 3.34. The molecular formula is C19H13Cl3N2O2. The van der Waals surface area contributed by atoms with Crippen LogP contribution in [0.15, 0.2) is 66.7 Å². The molecule has 26 heavy (non-hydrogen) atoms. The van der Waals surface area contributed by atoms with Crippen LogP contribution in [0, 0.1) is 0 Å². The van der Waals surface area contributed by atoms with Gasteiger partial charge in [0.25, 0.3) is 0 Å². The maximum Gasteiger partial charge on any atom is 0.323 e. The number of amides is 2. The first-order chi connectivity index (χ1) is 12.5. The van der Waals surface area contributed by atoms with Gasteiger partial charge in [0, 0.05) is 16.8 Å². The third kappa shape index (κ3) is 4.82. The first kappa shape index (κ1) is 18.4. The largest absolute Gasteiger partial charge is 0.455 e. The van der Waals surface area contributed by atoms with Gasteiger partial charge in [0.05, 0.1) is 15.7 Å². The Morgan fingerprint density at radius 3 is 2.31 bits per heavy atom. The second-order valence-corrected chi connectivity index (χ2v) is 6.51. The molecule has 3 aromatic rings. The number of rotatable bonds is 4. The molecule has 0 aliphatic heterocycles. The van der Waals surface area contributed by atoms with Crippen molar-refractivity contribution in [3.8, 4) is 11.5 Å². The molecule has 0 radical (unpaired) electrons. The van der Waals surface area contributed by atoms with Gasteiger partial charge < -0.3 is 15.4 Å². The van der Waals surface area contributed by atoms with Crippen LogP contribution in [-0.4, -0.2) is 6.03 Å². The number of hydrogen-bond acceptors (Lipinski definition) is 2. The van der Waals surface area contributed by atoms with Gasteiger partial charge in [-0.1, -0.05) is 53.0 Å². The SMILES string of the molecule is O=C(Nc1ccc(Cl)c(Cl)c1)Nc1ccc(Cl)cc1Oc1ccccc1. The molecule has 3 aromatic carbocycles. The zero-order valence-corrected chi connectivity index (χ0v) is 15.6. The fourth-order valence-corrected chi connectivity index (χ4v) is 2.62. The van der Waals surface area contributed by atoms with Crippen LogP contribution in [0.5, 0.6) is 11.5 Å². The van der Waals surface area contributed by atoms with Crippen molar-refractivity contribution in [2.24, 2.45) is 0 Å².